The van der Waals surface area contributed by atoms with Crippen LogP contribution in [0.4, 0.5) is 4.39 Å². The number of alkyl halides is 1. The van der Waals surface area contributed by atoms with E-state index in [1.54, 1.807) is 29.9 Å². The predicted octanol–water partition coefficient (Wildman–Crippen LogP) is 6.01. The third-order valence-electron chi connectivity index (χ3n) is 6.14. The lowest BCUT2D eigenvalue weighted by Crippen LogP contribution is -2.28. The van der Waals surface area contributed by atoms with Gasteiger partial charge in [0.05, 0.1) is 19.4 Å². The SMILES string of the molecule is COc1ccc2c(c1)CCn1c-2cc(OCCc2ccc(Oc3ccc(Cl)c(CF)c3)cc2)nc1=O. The summed E-state index contributed by atoms with van der Waals surface area (Å²) in [5.74, 6) is 2.25. The Morgan fingerprint density at radius 2 is 1.78 bits per heavy atom. The zero-order valence-corrected chi connectivity index (χ0v) is 20.4. The van der Waals surface area contributed by atoms with Crippen molar-refractivity contribution in [2.75, 3.05) is 13.7 Å². The Morgan fingerprint density at radius 1 is 1.00 bits per heavy atom. The Morgan fingerprint density at radius 3 is 2.56 bits per heavy atom. The van der Waals surface area contributed by atoms with Crippen LogP contribution >= 0.6 is 11.6 Å². The van der Waals surface area contributed by atoms with E-state index in [0.29, 0.717) is 47.5 Å². The van der Waals surface area contributed by atoms with Crippen molar-refractivity contribution >= 4 is 11.6 Å². The normalized spacial score (nSPS) is 12.0. The summed E-state index contributed by atoms with van der Waals surface area (Å²) < 4.78 is 31.7. The first-order valence-corrected chi connectivity index (χ1v) is 11.9. The van der Waals surface area contributed by atoms with Crippen LogP contribution in [0, 0.1) is 0 Å². The van der Waals surface area contributed by atoms with Crippen LogP contribution in [-0.2, 0) is 26.1 Å². The molecular formula is C28H24ClFN2O4. The zero-order chi connectivity index (χ0) is 25.1. The smallest absolute Gasteiger partial charge is 0.351 e. The summed E-state index contributed by atoms with van der Waals surface area (Å²) >= 11 is 5.95. The number of aromatic nitrogens is 2. The first kappa shape index (κ1) is 23.9. The van der Waals surface area contributed by atoms with Gasteiger partial charge in [-0.25, -0.2) is 9.18 Å². The van der Waals surface area contributed by atoms with Gasteiger partial charge in [0.1, 0.15) is 23.9 Å². The Hall–Kier alpha value is -3.84. The van der Waals surface area contributed by atoms with Crippen molar-refractivity contribution in [1.82, 2.24) is 9.55 Å². The molecule has 4 aromatic rings. The Labute approximate surface area is 212 Å². The molecule has 1 aliphatic heterocycles. The van der Waals surface area contributed by atoms with E-state index in [-0.39, 0.29) is 5.69 Å². The highest BCUT2D eigenvalue weighted by molar-refractivity contribution is 6.31. The van der Waals surface area contributed by atoms with Crippen LogP contribution in [0.15, 0.2) is 71.5 Å². The van der Waals surface area contributed by atoms with Crippen molar-refractivity contribution in [3.8, 4) is 34.4 Å². The molecule has 2 heterocycles. The van der Waals surface area contributed by atoms with E-state index in [2.05, 4.69) is 4.98 Å². The maximum Gasteiger partial charge on any atom is 0.351 e. The minimum Gasteiger partial charge on any atom is -0.497 e. The van der Waals surface area contributed by atoms with Gasteiger partial charge in [-0.1, -0.05) is 23.7 Å². The van der Waals surface area contributed by atoms with Crippen LogP contribution in [0.3, 0.4) is 0 Å². The molecule has 0 bridgehead atoms. The van der Waals surface area contributed by atoms with Crippen LogP contribution in [0.5, 0.6) is 23.1 Å². The molecule has 0 saturated carbocycles. The third-order valence-corrected chi connectivity index (χ3v) is 6.51. The van der Waals surface area contributed by atoms with Crippen LogP contribution in [0.25, 0.3) is 11.3 Å². The first-order valence-electron chi connectivity index (χ1n) is 11.6. The van der Waals surface area contributed by atoms with Crippen molar-refractivity contribution in [2.45, 2.75) is 26.1 Å². The van der Waals surface area contributed by atoms with E-state index in [1.807, 2.05) is 48.5 Å². The summed E-state index contributed by atoms with van der Waals surface area (Å²) in [6, 6.07) is 20.1. The lowest BCUT2D eigenvalue weighted by Gasteiger charge is -2.22. The van der Waals surface area contributed by atoms with Gasteiger partial charge in [-0.05, 0) is 66.1 Å². The standard InChI is InChI=1S/C28H24ClFN2O4/c1-34-22-6-8-24-19(14-22)10-12-32-26(24)16-27(31-28(32)33)35-13-11-18-2-4-21(5-3-18)36-23-7-9-25(29)20(15-23)17-30/h2-9,14-16H,10-13,17H2,1H3. The summed E-state index contributed by atoms with van der Waals surface area (Å²) in [7, 11) is 1.64. The van der Waals surface area contributed by atoms with Crippen LogP contribution in [0.2, 0.25) is 5.02 Å². The highest BCUT2D eigenvalue weighted by atomic mass is 35.5. The van der Waals surface area contributed by atoms with Gasteiger partial charge in [0.2, 0.25) is 5.88 Å². The lowest BCUT2D eigenvalue weighted by molar-refractivity contribution is 0.306. The quantitative estimate of drug-likeness (QED) is 0.293. The molecule has 1 aromatic heterocycles. The highest BCUT2D eigenvalue weighted by Gasteiger charge is 2.19. The maximum atomic E-state index is 13.0. The van der Waals surface area contributed by atoms with Gasteiger partial charge in [0, 0.05) is 35.2 Å². The van der Waals surface area contributed by atoms with Crippen LogP contribution in [-0.4, -0.2) is 23.3 Å². The monoisotopic (exact) mass is 506 g/mol. The molecule has 0 amide bonds. The molecule has 0 aliphatic carbocycles. The molecule has 6 nitrogen and oxygen atoms in total. The molecule has 3 aromatic carbocycles. The minimum absolute atomic E-state index is 0.307. The number of hydrogen-bond donors (Lipinski definition) is 0. The molecule has 8 heteroatoms. The van der Waals surface area contributed by atoms with E-state index < -0.39 is 6.67 Å². The Bertz CT molecular complexity index is 1450. The molecule has 0 saturated heterocycles. The molecule has 184 valence electrons. The Balaban J connectivity index is 1.23. The first-order chi connectivity index (χ1) is 17.5. The van der Waals surface area contributed by atoms with Gasteiger partial charge < -0.3 is 14.2 Å². The largest absolute Gasteiger partial charge is 0.497 e. The number of hydrogen-bond acceptors (Lipinski definition) is 5. The van der Waals surface area contributed by atoms with E-state index in [4.69, 9.17) is 25.8 Å². The molecule has 0 atom stereocenters. The number of aryl methyl sites for hydroxylation is 1. The number of rotatable bonds is 8. The Kier molecular flexibility index (Phi) is 6.91. The molecule has 0 unspecified atom stereocenters. The van der Waals surface area contributed by atoms with Gasteiger partial charge in [-0.3, -0.25) is 4.57 Å². The lowest BCUT2D eigenvalue weighted by atomic mass is 9.97. The summed E-state index contributed by atoms with van der Waals surface area (Å²) in [5.41, 5.74) is 4.03. The second kappa shape index (κ2) is 10.4. The summed E-state index contributed by atoms with van der Waals surface area (Å²) in [5, 5.41) is 0.376. The number of nitrogens with zero attached hydrogens (tertiary/aromatic N) is 2. The molecule has 0 N–H and O–H groups in total. The van der Waals surface area contributed by atoms with Crippen LogP contribution in [0.1, 0.15) is 16.7 Å². The van der Waals surface area contributed by atoms with Crippen molar-refractivity contribution in [1.29, 1.82) is 0 Å². The minimum atomic E-state index is -0.651. The van der Waals surface area contributed by atoms with E-state index >= 15 is 0 Å². The molecule has 36 heavy (non-hydrogen) atoms. The highest BCUT2D eigenvalue weighted by Crippen LogP contribution is 2.32. The third kappa shape index (κ3) is 5.06. The number of fused-ring (bicyclic) bond motifs is 3. The van der Waals surface area contributed by atoms with Crippen LogP contribution < -0.4 is 19.9 Å². The predicted molar refractivity (Wildman–Crippen MR) is 136 cm³/mol. The maximum absolute atomic E-state index is 13.0. The number of halogens is 2. The van der Waals surface area contributed by atoms with Gasteiger partial charge in [-0.2, -0.15) is 4.98 Å². The fourth-order valence-electron chi connectivity index (χ4n) is 4.23. The zero-order valence-electron chi connectivity index (χ0n) is 19.7. The fraction of sp³-hybridized carbons (Fsp3) is 0.214. The van der Waals surface area contributed by atoms with Crippen molar-refractivity contribution in [3.63, 3.8) is 0 Å². The summed E-state index contributed by atoms with van der Waals surface area (Å²) in [6.45, 7) is 0.283. The second-order valence-corrected chi connectivity index (χ2v) is 8.83. The van der Waals surface area contributed by atoms with Crippen molar-refractivity contribution in [3.05, 3.63) is 98.9 Å². The molecule has 1 aliphatic rings. The average Bonchev–Trinajstić information content (AvgIpc) is 2.90. The molecule has 0 fully saturated rings. The number of benzene rings is 3. The van der Waals surface area contributed by atoms with Gasteiger partial charge in [-0.15, -0.1) is 0 Å². The second-order valence-electron chi connectivity index (χ2n) is 8.42. The van der Waals surface area contributed by atoms with E-state index in [0.717, 1.165) is 34.6 Å². The number of ether oxygens (including phenoxy) is 3. The van der Waals surface area contributed by atoms with Crippen molar-refractivity contribution in [2.24, 2.45) is 0 Å². The van der Waals surface area contributed by atoms with Gasteiger partial charge >= 0.3 is 5.69 Å². The van der Waals surface area contributed by atoms with Gasteiger partial charge in [0.15, 0.2) is 0 Å². The molecule has 0 spiro atoms. The molecule has 5 rings (SSSR count). The topological polar surface area (TPSA) is 62.6 Å². The van der Waals surface area contributed by atoms with E-state index in [1.165, 1.54) is 0 Å². The summed E-state index contributed by atoms with van der Waals surface area (Å²) in [6.07, 6.45) is 1.37. The molecule has 0 radical (unpaired) electrons. The fourth-order valence-corrected chi connectivity index (χ4v) is 4.40. The van der Waals surface area contributed by atoms with E-state index in [9.17, 15) is 9.18 Å². The van der Waals surface area contributed by atoms with Gasteiger partial charge in [0.25, 0.3) is 0 Å². The summed E-state index contributed by atoms with van der Waals surface area (Å²) in [4.78, 5) is 16.7. The number of methoxy groups -OCH3 is 1. The molecular weight excluding hydrogens is 483 g/mol. The van der Waals surface area contributed by atoms with Crippen molar-refractivity contribution < 1.29 is 18.6 Å². The average molecular weight is 507 g/mol.